The standard InChI is InChI=1S/C21H21Cl2N3O2/c22-15-7-8-17(16(23)12-15)24-21(28)19-6-3-10-25(19)13-20(27)26-11-9-14-4-1-2-5-18(14)26/h1-2,4-5,7-8,12,19H,3,6,9-11,13H2,(H,24,28)/t19-/m0/s1. The molecule has 2 heterocycles. The number of para-hydroxylation sites is 1. The molecule has 0 saturated carbocycles. The maximum absolute atomic E-state index is 12.9. The fourth-order valence-electron chi connectivity index (χ4n) is 3.98. The Labute approximate surface area is 174 Å². The van der Waals surface area contributed by atoms with Crippen LogP contribution in [-0.2, 0) is 16.0 Å². The first-order valence-corrected chi connectivity index (χ1v) is 10.2. The average molecular weight is 418 g/mol. The van der Waals surface area contributed by atoms with E-state index in [1.165, 1.54) is 5.56 Å². The maximum Gasteiger partial charge on any atom is 0.241 e. The summed E-state index contributed by atoms with van der Waals surface area (Å²) < 4.78 is 0. The predicted molar refractivity (Wildman–Crippen MR) is 112 cm³/mol. The van der Waals surface area contributed by atoms with Crippen molar-refractivity contribution in [1.29, 1.82) is 0 Å². The highest BCUT2D eigenvalue weighted by Gasteiger charge is 2.34. The Balaban J connectivity index is 1.42. The number of benzene rings is 2. The third kappa shape index (κ3) is 3.88. The second kappa shape index (κ2) is 8.11. The summed E-state index contributed by atoms with van der Waals surface area (Å²) in [5.74, 6) is -0.106. The van der Waals surface area contributed by atoms with Crippen LogP contribution in [0.2, 0.25) is 10.0 Å². The van der Waals surface area contributed by atoms with Crippen LogP contribution in [0.15, 0.2) is 42.5 Å². The SMILES string of the molecule is O=C(Nc1ccc(Cl)cc1Cl)[C@@H]1CCCN1CC(=O)N1CCc2ccccc21. The molecule has 0 bridgehead atoms. The van der Waals surface area contributed by atoms with Crippen LogP contribution in [-0.4, -0.2) is 42.4 Å². The predicted octanol–water partition coefficient (Wildman–Crippen LogP) is 3.99. The molecule has 2 aliphatic heterocycles. The van der Waals surface area contributed by atoms with Gasteiger partial charge in [0.15, 0.2) is 0 Å². The van der Waals surface area contributed by atoms with Crippen LogP contribution in [0.5, 0.6) is 0 Å². The molecule has 1 saturated heterocycles. The summed E-state index contributed by atoms with van der Waals surface area (Å²) >= 11 is 12.1. The van der Waals surface area contributed by atoms with E-state index in [4.69, 9.17) is 23.2 Å². The van der Waals surface area contributed by atoms with Crippen molar-refractivity contribution in [2.75, 3.05) is 29.9 Å². The van der Waals surface area contributed by atoms with Gasteiger partial charge < -0.3 is 10.2 Å². The number of nitrogens with one attached hydrogen (secondary N) is 1. The van der Waals surface area contributed by atoms with Crippen LogP contribution in [0.25, 0.3) is 0 Å². The molecular formula is C21H21Cl2N3O2. The van der Waals surface area contributed by atoms with Gasteiger partial charge >= 0.3 is 0 Å². The summed E-state index contributed by atoms with van der Waals surface area (Å²) in [5, 5.41) is 3.79. The van der Waals surface area contributed by atoms with Gasteiger partial charge in [-0.2, -0.15) is 0 Å². The number of carbonyl (C=O) groups excluding carboxylic acids is 2. The number of amides is 2. The fourth-order valence-corrected chi connectivity index (χ4v) is 4.43. The second-order valence-electron chi connectivity index (χ2n) is 7.17. The first kappa shape index (κ1) is 19.2. The monoisotopic (exact) mass is 417 g/mol. The lowest BCUT2D eigenvalue weighted by molar-refractivity contribution is -0.123. The smallest absolute Gasteiger partial charge is 0.241 e. The number of rotatable bonds is 4. The minimum Gasteiger partial charge on any atom is -0.323 e. The van der Waals surface area contributed by atoms with Crippen molar-refractivity contribution in [3.8, 4) is 0 Å². The zero-order valence-electron chi connectivity index (χ0n) is 15.3. The van der Waals surface area contributed by atoms with Crippen LogP contribution < -0.4 is 10.2 Å². The average Bonchev–Trinajstić information content (AvgIpc) is 3.30. The van der Waals surface area contributed by atoms with E-state index in [2.05, 4.69) is 11.4 Å². The highest BCUT2D eigenvalue weighted by molar-refractivity contribution is 6.36. The molecule has 0 spiro atoms. The molecule has 5 nitrogen and oxygen atoms in total. The van der Waals surface area contributed by atoms with Crippen molar-refractivity contribution in [2.24, 2.45) is 0 Å². The molecule has 0 radical (unpaired) electrons. The minimum atomic E-state index is -0.339. The van der Waals surface area contributed by atoms with Gasteiger partial charge in [-0.05, 0) is 55.6 Å². The summed E-state index contributed by atoms with van der Waals surface area (Å²) in [6.45, 7) is 1.66. The fraction of sp³-hybridized carbons (Fsp3) is 0.333. The van der Waals surface area contributed by atoms with Gasteiger partial charge in [-0.25, -0.2) is 0 Å². The number of anilines is 2. The summed E-state index contributed by atoms with van der Waals surface area (Å²) in [5.41, 5.74) is 2.72. The molecular weight excluding hydrogens is 397 g/mol. The summed E-state index contributed by atoms with van der Waals surface area (Å²) in [6.07, 6.45) is 2.48. The Kier molecular flexibility index (Phi) is 5.58. The molecule has 7 heteroatoms. The van der Waals surface area contributed by atoms with E-state index < -0.39 is 0 Å². The van der Waals surface area contributed by atoms with Gasteiger partial charge in [0.1, 0.15) is 0 Å². The van der Waals surface area contributed by atoms with E-state index in [1.807, 2.05) is 28.0 Å². The first-order chi connectivity index (χ1) is 13.5. The van der Waals surface area contributed by atoms with Crippen molar-refractivity contribution in [2.45, 2.75) is 25.3 Å². The van der Waals surface area contributed by atoms with E-state index in [9.17, 15) is 9.59 Å². The van der Waals surface area contributed by atoms with Gasteiger partial charge in [-0.1, -0.05) is 41.4 Å². The zero-order valence-corrected chi connectivity index (χ0v) is 16.8. The van der Waals surface area contributed by atoms with Crippen LogP contribution >= 0.6 is 23.2 Å². The Morgan fingerprint density at radius 2 is 1.93 bits per heavy atom. The summed E-state index contributed by atoms with van der Waals surface area (Å²) in [7, 11) is 0. The third-order valence-electron chi connectivity index (χ3n) is 5.38. The molecule has 0 aliphatic carbocycles. The molecule has 2 aliphatic rings. The molecule has 1 fully saturated rings. The van der Waals surface area contributed by atoms with E-state index >= 15 is 0 Å². The number of halogens is 2. The van der Waals surface area contributed by atoms with E-state index in [1.54, 1.807) is 18.2 Å². The molecule has 4 rings (SSSR count). The Morgan fingerprint density at radius 3 is 2.75 bits per heavy atom. The van der Waals surface area contributed by atoms with Gasteiger partial charge in [-0.15, -0.1) is 0 Å². The van der Waals surface area contributed by atoms with Crippen molar-refractivity contribution in [3.63, 3.8) is 0 Å². The van der Waals surface area contributed by atoms with Gasteiger partial charge in [-0.3, -0.25) is 14.5 Å². The molecule has 2 aromatic rings. The summed E-state index contributed by atoms with van der Waals surface area (Å²) in [6, 6.07) is 12.6. The Bertz CT molecular complexity index is 918. The Hall–Kier alpha value is -2.08. The molecule has 2 amide bonds. The molecule has 1 N–H and O–H groups in total. The lowest BCUT2D eigenvalue weighted by Crippen LogP contribution is -2.46. The first-order valence-electron chi connectivity index (χ1n) is 9.41. The molecule has 2 aromatic carbocycles. The molecule has 28 heavy (non-hydrogen) atoms. The maximum atomic E-state index is 12.9. The number of likely N-dealkylation sites (tertiary alicyclic amines) is 1. The number of hydrogen-bond acceptors (Lipinski definition) is 3. The topological polar surface area (TPSA) is 52.7 Å². The van der Waals surface area contributed by atoms with Gasteiger partial charge in [0, 0.05) is 17.3 Å². The lowest BCUT2D eigenvalue weighted by atomic mass is 10.2. The van der Waals surface area contributed by atoms with Crippen LogP contribution in [0.4, 0.5) is 11.4 Å². The van der Waals surface area contributed by atoms with E-state index in [-0.39, 0.29) is 24.4 Å². The van der Waals surface area contributed by atoms with Gasteiger partial charge in [0.2, 0.25) is 11.8 Å². The number of carbonyl (C=O) groups is 2. The van der Waals surface area contributed by atoms with Crippen molar-refractivity contribution < 1.29 is 9.59 Å². The van der Waals surface area contributed by atoms with E-state index in [0.717, 1.165) is 31.5 Å². The number of fused-ring (bicyclic) bond motifs is 1. The molecule has 0 unspecified atom stereocenters. The largest absolute Gasteiger partial charge is 0.323 e. The number of hydrogen-bond donors (Lipinski definition) is 1. The summed E-state index contributed by atoms with van der Waals surface area (Å²) in [4.78, 5) is 29.5. The van der Waals surface area contributed by atoms with Gasteiger partial charge in [0.05, 0.1) is 23.3 Å². The third-order valence-corrected chi connectivity index (χ3v) is 5.93. The van der Waals surface area contributed by atoms with Crippen LogP contribution in [0.3, 0.4) is 0 Å². The Morgan fingerprint density at radius 1 is 1.11 bits per heavy atom. The zero-order chi connectivity index (χ0) is 19.7. The van der Waals surface area contributed by atoms with Crippen molar-refractivity contribution in [1.82, 2.24) is 4.90 Å². The quantitative estimate of drug-likeness (QED) is 0.817. The number of nitrogens with zero attached hydrogens (tertiary/aromatic N) is 2. The molecule has 1 atom stereocenters. The second-order valence-corrected chi connectivity index (χ2v) is 8.01. The van der Waals surface area contributed by atoms with Crippen molar-refractivity contribution >= 4 is 46.4 Å². The lowest BCUT2D eigenvalue weighted by Gasteiger charge is -2.26. The van der Waals surface area contributed by atoms with Crippen molar-refractivity contribution in [3.05, 3.63) is 58.1 Å². The van der Waals surface area contributed by atoms with Crippen LogP contribution in [0, 0.1) is 0 Å². The van der Waals surface area contributed by atoms with E-state index in [0.29, 0.717) is 22.3 Å². The van der Waals surface area contributed by atoms with Crippen LogP contribution in [0.1, 0.15) is 18.4 Å². The van der Waals surface area contributed by atoms with Gasteiger partial charge in [0.25, 0.3) is 0 Å². The molecule has 146 valence electrons. The molecule has 0 aromatic heterocycles. The highest BCUT2D eigenvalue weighted by Crippen LogP contribution is 2.29. The highest BCUT2D eigenvalue weighted by atomic mass is 35.5. The normalized spacial score (nSPS) is 18.9. The minimum absolute atomic E-state index is 0.0363.